The Balaban J connectivity index is 0.00000684. The van der Waals surface area contributed by atoms with E-state index in [1.165, 1.54) is 0 Å². The molecule has 0 radical (unpaired) electrons. The average molecular weight is 550 g/mol. The number of aliphatic hydroxyl groups excluding tert-OH is 1. The molecule has 4 N–H and O–H groups in total. The zero-order valence-electron chi connectivity index (χ0n) is 21.8. The summed E-state index contributed by atoms with van der Waals surface area (Å²) in [6, 6.07) is 6.51. The Labute approximate surface area is 240 Å². The topological polar surface area (TPSA) is 174 Å². The summed E-state index contributed by atoms with van der Waals surface area (Å²) in [5, 5.41) is 17.6. The van der Waals surface area contributed by atoms with Gasteiger partial charge in [-0.15, -0.1) is 0 Å². The number of ether oxygens (including phenoxy) is 1. The van der Waals surface area contributed by atoms with Gasteiger partial charge in [-0.25, -0.2) is 13.2 Å². The Morgan fingerprint density at radius 2 is 1.86 bits per heavy atom. The van der Waals surface area contributed by atoms with Crippen molar-refractivity contribution in [3.05, 3.63) is 35.9 Å². The molecule has 11 nitrogen and oxygen atoms in total. The van der Waals surface area contributed by atoms with Crippen LogP contribution in [0.3, 0.4) is 0 Å². The van der Waals surface area contributed by atoms with Crippen LogP contribution < -0.4 is 45.5 Å². The molecule has 1 saturated heterocycles. The van der Waals surface area contributed by atoms with Crippen molar-refractivity contribution >= 4 is 28.0 Å². The van der Waals surface area contributed by atoms with Gasteiger partial charge in [0.2, 0.25) is 11.8 Å². The van der Waals surface area contributed by atoms with E-state index in [1.54, 1.807) is 0 Å². The maximum Gasteiger partial charge on any atom is 1.00 e. The summed E-state index contributed by atoms with van der Waals surface area (Å²) in [6.07, 6.45) is 0.266. The predicted octanol–water partition coefficient (Wildman–Crippen LogP) is -1.45. The summed E-state index contributed by atoms with van der Waals surface area (Å²) < 4.78 is 40.1. The molecule has 0 aromatic heterocycles. The third-order valence-electron chi connectivity index (χ3n) is 5.96. The van der Waals surface area contributed by atoms with Crippen LogP contribution >= 0.6 is 0 Å². The summed E-state index contributed by atoms with van der Waals surface area (Å²) in [6.45, 7) is 5.98. The van der Waals surface area contributed by atoms with Crippen LogP contribution in [0.1, 0.15) is 64.5 Å². The van der Waals surface area contributed by atoms with Crippen molar-refractivity contribution in [1.82, 2.24) is 16.0 Å². The molecule has 3 amide bonds. The summed E-state index contributed by atoms with van der Waals surface area (Å²) in [4.78, 5) is 37.8. The van der Waals surface area contributed by atoms with Gasteiger partial charge in [-0.2, -0.15) is 0 Å². The summed E-state index contributed by atoms with van der Waals surface area (Å²) in [5.74, 6) is -1.87. The molecule has 1 fully saturated rings. The fourth-order valence-electron chi connectivity index (χ4n) is 4.14. The minimum Gasteiger partial charge on any atom is -0.746 e. The van der Waals surface area contributed by atoms with Crippen LogP contribution in [-0.4, -0.2) is 60.0 Å². The van der Waals surface area contributed by atoms with Crippen LogP contribution in [0.25, 0.3) is 0 Å². The molecule has 1 heterocycles. The number of rotatable bonds is 13. The van der Waals surface area contributed by atoms with E-state index in [9.17, 15) is 32.5 Å². The maximum atomic E-state index is 13.1. The number of amides is 3. The molecule has 2 rings (SSSR count). The normalized spacial score (nSPS) is 18.6. The predicted molar refractivity (Wildman–Crippen MR) is 130 cm³/mol. The molecule has 1 aromatic carbocycles. The van der Waals surface area contributed by atoms with Crippen molar-refractivity contribution in [1.29, 1.82) is 0 Å². The molecule has 1 aliphatic heterocycles. The van der Waals surface area contributed by atoms with E-state index < -0.39 is 51.7 Å². The third kappa shape index (κ3) is 10.9. The minimum absolute atomic E-state index is 0. The number of hydrogen-bond acceptors (Lipinski definition) is 8. The first-order valence-electron chi connectivity index (χ1n) is 12.1. The average Bonchev–Trinajstić information content (AvgIpc) is 3.21. The Hall–Kier alpha value is -1.70. The molecule has 5 atom stereocenters. The molecule has 13 heteroatoms. The van der Waals surface area contributed by atoms with E-state index in [1.807, 2.05) is 51.1 Å². The van der Waals surface area contributed by atoms with Crippen molar-refractivity contribution in [2.45, 2.75) is 76.5 Å². The van der Waals surface area contributed by atoms with Crippen molar-refractivity contribution in [2.75, 3.05) is 6.54 Å². The number of carbonyl (C=O) groups is 3. The van der Waals surface area contributed by atoms with Gasteiger partial charge in [-0.1, -0.05) is 57.5 Å². The van der Waals surface area contributed by atoms with Crippen LogP contribution in [0, 0.1) is 11.8 Å². The van der Waals surface area contributed by atoms with E-state index in [0.29, 0.717) is 19.4 Å². The smallest absolute Gasteiger partial charge is 0.746 e. The Bertz CT molecular complexity index is 993. The molecule has 0 aliphatic carbocycles. The molecule has 2 unspecified atom stereocenters. The molecule has 202 valence electrons. The Morgan fingerprint density at radius 3 is 2.38 bits per heavy atom. The molecular weight excluding hydrogens is 513 g/mol. The van der Waals surface area contributed by atoms with Gasteiger partial charge < -0.3 is 30.3 Å². The van der Waals surface area contributed by atoms with Crippen LogP contribution in [-0.2, 0) is 24.4 Å². The molecule has 1 aliphatic rings. The van der Waals surface area contributed by atoms with Crippen LogP contribution in [0.4, 0.5) is 4.79 Å². The van der Waals surface area contributed by atoms with Crippen molar-refractivity contribution in [3.63, 3.8) is 0 Å². The number of nitrogens with one attached hydrogen (secondary N) is 3. The van der Waals surface area contributed by atoms with Crippen molar-refractivity contribution in [3.8, 4) is 0 Å². The monoisotopic (exact) mass is 549 g/mol. The fourth-order valence-corrected chi connectivity index (χ4v) is 4.72. The first kappa shape index (κ1) is 33.3. The Kier molecular flexibility index (Phi) is 14.1. The second-order valence-electron chi connectivity index (χ2n) is 9.43. The number of benzene rings is 1. The third-order valence-corrected chi connectivity index (χ3v) is 6.88. The minimum atomic E-state index is -5.18. The van der Waals surface area contributed by atoms with Crippen LogP contribution in [0.5, 0.6) is 0 Å². The summed E-state index contributed by atoms with van der Waals surface area (Å²) in [7, 11) is -5.18. The van der Waals surface area contributed by atoms with Crippen molar-refractivity contribution in [2.24, 2.45) is 11.8 Å². The van der Waals surface area contributed by atoms with Gasteiger partial charge in [0, 0.05) is 12.5 Å². The van der Waals surface area contributed by atoms with E-state index in [-0.39, 0.29) is 54.2 Å². The Morgan fingerprint density at radius 1 is 1.22 bits per heavy atom. The van der Waals surface area contributed by atoms with Gasteiger partial charge in [0.15, 0.2) is 5.44 Å². The van der Waals surface area contributed by atoms with Crippen LogP contribution in [0.2, 0.25) is 0 Å². The van der Waals surface area contributed by atoms with Gasteiger partial charge >= 0.3 is 35.7 Å². The number of carbonyl (C=O) groups excluding carboxylic acids is 3. The van der Waals surface area contributed by atoms with Gasteiger partial charge in [0.05, 0.1) is 6.04 Å². The van der Waals surface area contributed by atoms with Gasteiger partial charge in [-0.05, 0) is 37.2 Å². The summed E-state index contributed by atoms with van der Waals surface area (Å²) >= 11 is 0. The van der Waals surface area contributed by atoms with Gasteiger partial charge in [-0.3, -0.25) is 9.59 Å². The number of hydrogen-bond donors (Lipinski definition) is 4. The van der Waals surface area contributed by atoms with Gasteiger partial charge in [0.1, 0.15) is 22.3 Å². The zero-order chi connectivity index (χ0) is 26.9. The maximum absolute atomic E-state index is 13.1. The van der Waals surface area contributed by atoms with Crippen LogP contribution in [0.15, 0.2) is 30.3 Å². The van der Waals surface area contributed by atoms with E-state index in [0.717, 1.165) is 12.0 Å². The zero-order valence-corrected chi connectivity index (χ0v) is 24.6. The van der Waals surface area contributed by atoms with Gasteiger partial charge in [0.25, 0.3) is 0 Å². The molecular formula is C24H36N3NaO8S. The quantitative estimate of drug-likeness (QED) is 0.171. The summed E-state index contributed by atoms with van der Waals surface area (Å²) in [5.41, 5.74) is -1.65. The van der Waals surface area contributed by atoms with E-state index in [2.05, 4.69) is 16.0 Å². The standard InChI is InChI=1S/C24H37N3O8S.Na/c1-4-8-20(16-9-6-5-7-10-16)35-24(31)27-18(13-15(2)3)22(29)26-19(23(30)36(32,33)34)14-17-11-12-25-21(17)28;/h5-7,9-10,15,17-20,23,30H,4,8,11-14H2,1-3H3,(H,25,28)(H,26,29)(H,27,31)(H,32,33,34);/q;+1/p-1/t17-,18-,19-,20?,23?;/m0./s1. The second kappa shape index (κ2) is 15.6. The number of alkyl carbamates (subject to hydrolysis) is 1. The second-order valence-corrected chi connectivity index (χ2v) is 10.9. The largest absolute Gasteiger partial charge is 1.00 e. The fraction of sp³-hybridized carbons (Fsp3) is 0.625. The molecule has 0 saturated carbocycles. The molecule has 1 aromatic rings. The first-order chi connectivity index (χ1) is 16.9. The van der Waals surface area contributed by atoms with E-state index >= 15 is 0 Å². The molecule has 0 bridgehead atoms. The molecule has 37 heavy (non-hydrogen) atoms. The SMILES string of the molecule is CCCC(OC(=O)N[C@@H](CC(C)C)C(=O)N[C@@H](C[C@@H]1CCNC1=O)C(O)S(=O)(=O)[O-])c1ccccc1.[Na+]. The molecule has 0 spiro atoms. The van der Waals surface area contributed by atoms with Crippen molar-refractivity contribution < 1.29 is 66.8 Å². The first-order valence-corrected chi connectivity index (χ1v) is 13.6. The number of aliphatic hydroxyl groups is 1. The van der Waals surface area contributed by atoms with E-state index in [4.69, 9.17) is 4.74 Å².